The Morgan fingerprint density at radius 3 is 2.40 bits per heavy atom. The largest absolute Gasteiger partial charge is 0.444 e. The average Bonchev–Trinajstić information content (AvgIpc) is 2.56. The Kier molecular flexibility index (Phi) is 9.17. The first-order chi connectivity index (χ1) is 11.9. The molecular formula is C19H28N4O2. The Labute approximate surface area is 149 Å². The van der Waals surface area contributed by atoms with Crippen molar-refractivity contribution >= 4 is 6.09 Å². The van der Waals surface area contributed by atoms with Gasteiger partial charge in [-0.15, -0.1) is 0 Å². The second-order valence-electron chi connectivity index (χ2n) is 6.39. The summed E-state index contributed by atoms with van der Waals surface area (Å²) in [5.41, 5.74) is 7.10. The zero-order valence-corrected chi connectivity index (χ0v) is 15.2. The van der Waals surface area contributed by atoms with Crippen LogP contribution in [0.1, 0.15) is 32.0 Å². The summed E-state index contributed by atoms with van der Waals surface area (Å²) in [4.78, 5) is 19.3. The molecule has 6 heteroatoms. The third-order valence-corrected chi connectivity index (χ3v) is 2.96. The Morgan fingerprint density at radius 2 is 1.84 bits per heavy atom. The maximum Gasteiger partial charge on any atom is 0.407 e. The van der Waals surface area contributed by atoms with E-state index in [0.717, 1.165) is 12.1 Å². The molecule has 0 aliphatic rings. The molecule has 136 valence electrons. The Morgan fingerprint density at radius 1 is 1.12 bits per heavy atom. The number of ether oxygens (including phenoxy) is 1. The quantitative estimate of drug-likeness (QED) is 0.870. The van der Waals surface area contributed by atoms with E-state index in [2.05, 4.69) is 15.3 Å². The summed E-state index contributed by atoms with van der Waals surface area (Å²) in [5.74, 6) is 0. The van der Waals surface area contributed by atoms with Crippen LogP contribution in [0, 0.1) is 0 Å². The Bertz CT molecular complexity index is 598. The molecule has 0 fully saturated rings. The van der Waals surface area contributed by atoms with Gasteiger partial charge in [0.25, 0.3) is 0 Å². The van der Waals surface area contributed by atoms with Crippen LogP contribution in [-0.2, 0) is 17.6 Å². The van der Waals surface area contributed by atoms with Gasteiger partial charge in [-0.05, 0) is 63.6 Å². The Hall–Kier alpha value is -2.47. The first kappa shape index (κ1) is 20.6. The summed E-state index contributed by atoms with van der Waals surface area (Å²) in [6.45, 7) is 6.76. The molecule has 0 aromatic carbocycles. The summed E-state index contributed by atoms with van der Waals surface area (Å²) in [6.07, 6.45) is 6.57. The number of amides is 1. The van der Waals surface area contributed by atoms with Crippen LogP contribution in [0.15, 0.2) is 48.9 Å². The highest BCUT2D eigenvalue weighted by molar-refractivity contribution is 5.67. The fourth-order valence-corrected chi connectivity index (χ4v) is 1.87. The van der Waals surface area contributed by atoms with Gasteiger partial charge < -0.3 is 15.8 Å². The van der Waals surface area contributed by atoms with Crippen molar-refractivity contribution in [3.63, 3.8) is 0 Å². The van der Waals surface area contributed by atoms with Gasteiger partial charge in [-0.2, -0.15) is 0 Å². The van der Waals surface area contributed by atoms with Gasteiger partial charge in [-0.3, -0.25) is 9.97 Å². The minimum absolute atomic E-state index is 0.386. The first-order valence-electron chi connectivity index (χ1n) is 8.36. The number of pyridine rings is 2. The minimum atomic E-state index is -0.449. The van der Waals surface area contributed by atoms with Crippen molar-refractivity contribution in [2.75, 3.05) is 13.1 Å². The van der Waals surface area contributed by atoms with Crippen LogP contribution in [0.5, 0.6) is 0 Å². The lowest BCUT2D eigenvalue weighted by molar-refractivity contribution is 0.0528. The van der Waals surface area contributed by atoms with Crippen molar-refractivity contribution < 1.29 is 9.53 Å². The fraction of sp³-hybridized carbons (Fsp3) is 0.421. The summed E-state index contributed by atoms with van der Waals surface area (Å²) >= 11 is 0. The molecule has 6 nitrogen and oxygen atoms in total. The summed E-state index contributed by atoms with van der Waals surface area (Å²) in [5, 5.41) is 2.69. The maximum absolute atomic E-state index is 11.3. The molecule has 1 amide bonds. The minimum Gasteiger partial charge on any atom is -0.444 e. The molecule has 0 aliphatic carbocycles. The Balaban J connectivity index is 0.000000293. The second kappa shape index (κ2) is 11.1. The van der Waals surface area contributed by atoms with Gasteiger partial charge in [0, 0.05) is 37.3 Å². The van der Waals surface area contributed by atoms with E-state index in [9.17, 15) is 4.79 Å². The van der Waals surface area contributed by atoms with E-state index in [4.69, 9.17) is 10.5 Å². The van der Waals surface area contributed by atoms with Gasteiger partial charge >= 0.3 is 6.09 Å². The van der Waals surface area contributed by atoms with Crippen LogP contribution in [0.2, 0.25) is 0 Å². The smallest absolute Gasteiger partial charge is 0.407 e. The van der Waals surface area contributed by atoms with E-state index in [1.54, 1.807) is 18.6 Å². The molecule has 0 atom stereocenters. The summed E-state index contributed by atoms with van der Waals surface area (Å²) in [7, 11) is 0. The third-order valence-electron chi connectivity index (χ3n) is 2.96. The van der Waals surface area contributed by atoms with Crippen molar-refractivity contribution in [2.24, 2.45) is 5.73 Å². The second-order valence-corrected chi connectivity index (χ2v) is 6.39. The van der Waals surface area contributed by atoms with Gasteiger partial charge in [-0.25, -0.2) is 4.79 Å². The lowest BCUT2D eigenvalue weighted by Gasteiger charge is -2.19. The van der Waals surface area contributed by atoms with Crippen molar-refractivity contribution in [3.05, 3.63) is 60.2 Å². The first-order valence-corrected chi connectivity index (χ1v) is 8.36. The molecule has 2 aromatic heterocycles. The van der Waals surface area contributed by atoms with Crippen LogP contribution < -0.4 is 11.1 Å². The normalized spacial score (nSPS) is 10.4. The van der Waals surface area contributed by atoms with Crippen molar-refractivity contribution in [2.45, 2.75) is 39.2 Å². The lowest BCUT2D eigenvalue weighted by Crippen LogP contribution is -2.33. The molecule has 3 N–H and O–H groups in total. The standard InChI is InChI=1S/C12H18N2O2.C7H10N2/c1-12(2,3)16-11(15)14-9-7-10-6-4-5-8-13-10;8-4-1-7-2-5-9-6-3-7/h4-6,8H,7,9H2,1-3H3,(H,14,15);2-3,5-6H,1,4,8H2. The van der Waals surface area contributed by atoms with Crippen LogP contribution in [0.4, 0.5) is 4.79 Å². The molecule has 25 heavy (non-hydrogen) atoms. The molecule has 2 rings (SSSR count). The number of nitrogens with two attached hydrogens (primary N) is 1. The highest BCUT2D eigenvalue weighted by Gasteiger charge is 2.15. The van der Waals surface area contributed by atoms with Gasteiger partial charge in [0.2, 0.25) is 0 Å². The van der Waals surface area contributed by atoms with Gasteiger partial charge in [0.15, 0.2) is 0 Å². The van der Waals surface area contributed by atoms with E-state index >= 15 is 0 Å². The van der Waals surface area contributed by atoms with Crippen LogP contribution in [0.25, 0.3) is 0 Å². The molecule has 0 saturated heterocycles. The van der Waals surface area contributed by atoms with Gasteiger partial charge in [0.05, 0.1) is 0 Å². The predicted octanol–water partition coefficient (Wildman–Crippen LogP) is 2.73. The molecule has 0 spiro atoms. The van der Waals surface area contributed by atoms with Gasteiger partial charge in [0.1, 0.15) is 5.60 Å². The summed E-state index contributed by atoms with van der Waals surface area (Å²) < 4.78 is 5.11. The molecular weight excluding hydrogens is 316 g/mol. The van der Waals surface area contributed by atoms with E-state index < -0.39 is 5.60 Å². The SMILES string of the molecule is CC(C)(C)OC(=O)NCCc1ccccn1.NCCc1ccncc1. The number of nitrogens with zero attached hydrogens (tertiary/aromatic N) is 2. The molecule has 0 unspecified atom stereocenters. The van der Waals surface area contributed by atoms with E-state index in [1.807, 2.05) is 51.1 Å². The molecule has 0 radical (unpaired) electrons. The van der Waals surface area contributed by atoms with Crippen molar-refractivity contribution in [1.29, 1.82) is 0 Å². The molecule has 2 aromatic rings. The number of rotatable bonds is 5. The van der Waals surface area contributed by atoms with E-state index in [-0.39, 0.29) is 6.09 Å². The van der Waals surface area contributed by atoms with Gasteiger partial charge in [-0.1, -0.05) is 6.07 Å². The zero-order chi connectivity index (χ0) is 18.5. The number of hydrogen-bond acceptors (Lipinski definition) is 5. The lowest BCUT2D eigenvalue weighted by atomic mass is 10.2. The third kappa shape index (κ3) is 10.8. The molecule has 0 saturated carbocycles. The monoisotopic (exact) mass is 344 g/mol. The fourth-order valence-electron chi connectivity index (χ4n) is 1.87. The van der Waals surface area contributed by atoms with Crippen LogP contribution in [0.3, 0.4) is 0 Å². The van der Waals surface area contributed by atoms with Crippen LogP contribution in [-0.4, -0.2) is 34.8 Å². The maximum atomic E-state index is 11.3. The van der Waals surface area contributed by atoms with Crippen molar-refractivity contribution in [3.8, 4) is 0 Å². The topological polar surface area (TPSA) is 90.1 Å². The number of alkyl carbamates (subject to hydrolysis) is 1. The highest BCUT2D eigenvalue weighted by Crippen LogP contribution is 2.06. The summed E-state index contributed by atoms with van der Waals surface area (Å²) in [6, 6.07) is 9.68. The molecule has 0 bridgehead atoms. The van der Waals surface area contributed by atoms with Crippen LogP contribution >= 0.6 is 0 Å². The average molecular weight is 344 g/mol. The predicted molar refractivity (Wildman–Crippen MR) is 99.2 cm³/mol. The molecule has 2 heterocycles. The number of carbonyl (C=O) groups is 1. The highest BCUT2D eigenvalue weighted by atomic mass is 16.6. The molecule has 0 aliphatic heterocycles. The number of hydrogen-bond donors (Lipinski definition) is 2. The van der Waals surface area contributed by atoms with E-state index in [1.165, 1.54) is 5.56 Å². The number of aromatic nitrogens is 2. The zero-order valence-electron chi connectivity index (χ0n) is 15.2. The number of nitrogens with one attached hydrogen (secondary N) is 1. The van der Waals surface area contributed by atoms with Crippen molar-refractivity contribution in [1.82, 2.24) is 15.3 Å². The van der Waals surface area contributed by atoms with E-state index in [0.29, 0.717) is 19.5 Å². The number of carbonyl (C=O) groups excluding carboxylic acids is 1.